The van der Waals surface area contributed by atoms with Crippen LogP contribution >= 0.6 is 27.3 Å². The second-order valence-corrected chi connectivity index (χ2v) is 5.98. The summed E-state index contributed by atoms with van der Waals surface area (Å²) in [5.41, 5.74) is 6.07. The number of nitrogens with two attached hydrogens (primary N) is 1. The van der Waals surface area contributed by atoms with Crippen LogP contribution in [0.5, 0.6) is 0 Å². The normalized spacial score (nSPS) is 13.5. The number of hydrogen-bond donors (Lipinski definition) is 1. The Bertz CT molecular complexity index is 270. The van der Waals surface area contributed by atoms with Gasteiger partial charge in [0.05, 0.1) is 0 Å². The maximum atomic E-state index is 6.07. The minimum atomic E-state index is 0.312. The van der Waals surface area contributed by atoms with Crippen LogP contribution in [-0.4, -0.2) is 6.04 Å². The number of halogens is 1. The van der Waals surface area contributed by atoms with Gasteiger partial charge in [-0.25, -0.2) is 0 Å². The summed E-state index contributed by atoms with van der Waals surface area (Å²) in [6.07, 6.45) is 3.36. The third-order valence-corrected chi connectivity index (χ3v) is 4.20. The summed E-state index contributed by atoms with van der Waals surface area (Å²) in [5, 5.41) is 2.11. The lowest BCUT2D eigenvalue weighted by Crippen LogP contribution is -2.22. The van der Waals surface area contributed by atoms with E-state index in [4.69, 9.17) is 5.73 Å². The highest BCUT2D eigenvalue weighted by Crippen LogP contribution is 2.24. The first-order valence-electron chi connectivity index (χ1n) is 5.07. The van der Waals surface area contributed by atoms with E-state index in [1.54, 1.807) is 11.3 Å². The minimum Gasteiger partial charge on any atom is -0.327 e. The molecule has 0 amide bonds. The second kappa shape index (κ2) is 5.89. The zero-order chi connectivity index (χ0) is 10.6. The topological polar surface area (TPSA) is 26.0 Å². The Hall–Kier alpha value is 0.140. The Morgan fingerprint density at radius 2 is 2.14 bits per heavy atom. The van der Waals surface area contributed by atoms with Crippen molar-refractivity contribution in [3.05, 3.63) is 20.8 Å². The van der Waals surface area contributed by atoms with E-state index in [2.05, 4.69) is 41.2 Å². The summed E-state index contributed by atoms with van der Waals surface area (Å²) in [7, 11) is 0. The van der Waals surface area contributed by atoms with E-state index in [1.165, 1.54) is 15.8 Å². The lowest BCUT2D eigenvalue weighted by molar-refractivity contribution is 0.496. The van der Waals surface area contributed by atoms with Gasteiger partial charge in [-0.05, 0) is 52.6 Å². The van der Waals surface area contributed by atoms with Gasteiger partial charge < -0.3 is 5.73 Å². The molecule has 1 nitrogen and oxygen atoms in total. The SMILES string of the molecule is CC(C)CCC(N)Cc1sccc1Br. The van der Waals surface area contributed by atoms with Crippen LogP contribution in [0.25, 0.3) is 0 Å². The van der Waals surface area contributed by atoms with E-state index in [9.17, 15) is 0 Å². The Kier molecular flexibility index (Phi) is 5.13. The molecule has 1 aromatic rings. The molecular formula is C11H18BrNS. The number of rotatable bonds is 5. The molecule has 0 bridgehead atoms. The molecule has 0 radical (unpaired) electrons. The van der Waals surface area contributed by atoms with E-state index >= 15 is 0 Å². The summed E-state index contributed by atoms with van der Waals surface area (Å²) in [6.45, 7) is 4.49. The Labute approximate surface area is 98.8 Å². The Morgan fingerprint density at radius 3 is 2.64 bits per heavy atom. The molecule has 14 heavy (non-hydrogen) atoms. The molecule has 0 spiro atoms. The molecule has 1 aromatic heterocycles. The van der Waals surface area contributed by atoms with Gasteiger partial charge in [0.2, 0.25) is 0 Å². The lowest BCUT2D eigenvalue weighted by Gasteiger charge is -2.12. The third kappa shape index (κ3) is 4.11. The predicted octanol–water partition coefficient (Wildman–Crippen LogP) is 3.82. The largest absolute Gasteiger partial charge is 0.327 e. The highest BCUT2D eigenvalue weighted by Gasteiger charge is 2.08. The average molecular weight is 276 g/mol. The van der Waals surface area contributed by atoms with E-state index < -0.39 is 0 Å². The second-order valence-electron chi connectivity index (χ2n) is 4.13. The van der Waals surface area contributed by atoms with Crippen LogP contribution in [0, 0.1) is 5.92 Å². The fraction of sp³-hybridized carbons (Fsp3) is 0.636. The van der Waals surface area contributed by atoms with Crippen LogP contribution in [0.4, 0.5) is 0 Å². The van der Waals surface area contributed by atoms with Crippen molar-refractivity contribution < 1.29 is 0 Å². The van der Waals surface area contributed by atoms with Crippen LogP contribution in [0.1, 0.15) is 31.6 Å². The van der Waals surface area contributed by atoms with Crippen molar-refractivity contribution in [1.82, 2.24) is 0 Å². The number of thiophene rings is 1. The smallest absolute Gasteiger partial charge is 0.0314 e. The van der Waals surface area contributed by atoms with E-state index in [0.717, 1.165) is 18.8 Å². The van der Waals surface area contributed by atoms with Gasteiger partial charge in [-0.3, -0.25) is 0 Å². The zero-order valence-electron chi connectivity index (χ0n) is 8.79. The predicted molar refractivity (Wildman–Crippen MR) is 67.8 cm³/mol. The van der Waals surface area contributed by atoms with Gasteiger partial charge >= 0.3 is 0 Å². The minimum absolute atomic E-state index is 0.312. The Balaban J connectivity index is 2.34. The molecule has 1 heterocycles. The molecule has 0 saturated heterocycles. The van der Waals surface area contributed by atoms with Gasteiger partial charge in [0.25, 0.3) is 0 Å². The maximum Gasteiger partial charge on any atom is 0.0314 e. The summed E-state index contributed by atoms with van der Waals surface area (Å²) < 4.78 is 1.21. The molecule has 0 aliphatic heterocycles. The molecule has 1 atom stereocenters. The monoisotopic (exact) mass is 275 g/mol. The van der Waals surface area contributed by atoms with Gasteiger partial charge in [0.1, 0.15) is 0 Å². The molecule has 0 aromatic carbocycles. The van der Waals surface area contributed by atoms with E-state index in [1.807, 2.05) is 0 Å². The van der Waals surface area contributed by atoms with Gasteiger partial charge in [-0.2, -0.15) is 0 Å². The molecule has 2 N–H and O–H groups in total. The highest BCUT2D eigenvalue weighted by atomic mass is 79.9. The summed E-state index contributed by atoms with van der Waals surface area (Å²) >= 11 is 5.31. The summed E-state index contributed by atoms with van der Waals surface area (Å²) in [5.74, 6) is 0.757. The van der Waals surface area contributed by atoms with Crippen LogP contribution in [0.15, 0.2) is 15.9 Å². The summed E-state index contributed by atoms with van der Waals surface area (Å²) in [4.78, 5) is 1.38. The first kappa shape index (κ1) is 12.2. The van der Waals surface area contributed by atoms with Crippen molar-refractivity contribution in [3.63, 3.8) is 0 Å². The third-order valence-electron chi connectivity index (χ3n) is 2.25. The molecule has 3 heteroatoms. The van der Waals surface area contributed by atoms with E-state index in [0.29, 0.717) is 6.04 Å². The fourth-order valence-electron chi connectivity index (χ4n) is 1.36. The molecule has 0 aliphatic rings. The van der Waals surface area contributed by atoms with Gasteiger partial charge in [0.15, 0.2) is 0 Å². The molecule has 1 unspecified atom stereocenters. The van der Waals surface area contributed by atoms with Crippen LogP contribution in [0.2, 0.25) is 0 Å². The fourth-order valence-corrected chi connectivity index (χ4v) is 2.97. The quantitative estimate of drug-likeness (QED) is 0.869. The van der Waals surface area contributed by atoms with Crippen molar-refractivity contribution in [2.24, 2.45) is 11.7 Å². The first-order chi connectivity index (χ1) is 6.59. The molecule has 0 saturated carbocycles. The molecule has 1 rings (SSSR count). The van der Waals surface area contributed by atoms with E-state index in [-0.39, 0.29) is 0 Å². The van der Waals surface area contributed by atoms with Crippen LogP contribution < -0.4 is 5.73 Å². The van der Waals surface area contributed by atoms with Crippen molar-refractivity contribution in [2.45, 2.75) is 39.2 Å². The maximum absolute atomic E-state index is 6.07. The molecular weight excluding hydrogens is 258 g/mol. The zero-order valence-corrected chi connectivity index (χ0v) is 11.2. The highest BCUT2D eigenvalue weighted by molar-refractivity contribution is 9.10. The average Bonchev–Trinajstić information content (AvgIpc) is 2.49. The van der Waals surface area contributed by atoms with Gasteiger partial charge in [-0.15, -0.1) is 11.3 Å². The molecule has 0 fully saturated rings. The number of hydrogen-bond acceptors (Lipinski definition) is 2. The van der Waals surface area contributed by atoms with Crippen molar-refractivity contribution in [1.29, 1.82) is 0 Å². The standard InChI is InChI=1S/C11H18BrNS/c1-8(2)3-4-9(13)7-11-10(12)5-6-14-11/h5-6,8-9H,3-4,7,13H2,1-2H3. The molecule has 0 aliphatic carbocycles. The summed E-state index contributed by atoms with van der Waals surface area (Å²) in [6, 6.07) is 2.40. The van der Waals surface area contributed by atoms with Crippen LogP contribution in [0.3, 0.4) is 0 Å². The van der Waals surface area contributed by atoms with Crippen LogP contribution in [-0.2, 0) is 6.42 Å². The van der Waals surface area contributed by atoms with Gasteiger partial charge in [-0.1, -0.05) is 13.8 Å². The Morgan fingerprint density at radius 1 is 1.43 bits per heavy atom. The lowest BCUT2D eigenvalue weighted by atomic mass is 10.0. The van der Waals surface area contributed by atoms with Crippen molar-refractivity contribution in [2.75, 3.05) is 0 Å². The van der Waals surface area contributed by atoms with Crippen molar-refractivity contribution >= 4 is 27.3 Å². The van der Waals surface area contributed by atoms with Gasteiger partial charge in [0, 0.05) is 15.4 Å². The first-order valence-corrected chi connectivity index (χ1v) is 6.74. The van der Waals surface area contributed by atoms with Crippen molar-refractivity contribution in [3.8, 4) is 0 Å². The molecule has 80 valence electrons.